The van der Waals surface area contributed by atoms with Gasteiger partial charge in [-0.2, -0.15) is 5.10 Å². The van der Waals surface area contributed by atoms with Crippen LogP contribution in [-0.2, 0) is 14.8 Å². The van der Waals surface area contributed by atoms with E-state index in [4.69, 9.17) is 5.11 Å². The number of aromatic nitrogens is 2. The first kappa shape index (κ1) is 14.1. The summed E-state index contributed by atoms with van der Waals surface area (Å²) in [5.41, 5.74) is 0.412. The van der Waals surface area contributed by atoms with E-state index in [1.165, 1.54) is 12.4 Å². The Bertz CT molecular complexity index is 668. The van der Waals surface area contributed by atoms with Crippen molar-refractivity contribution in [2.45, 2.75) is 11.3 Å². The molecule has 20 heavy (non-hydrogen) atoms. The maximum absolute atomic E-state index is 12.5. The van der Waals surface area contributed by atoms with Gasteiger partial charge in [-0.3, -0.25) is 14.2 Å². The predicted molar refractivity (Wildman–Crippen MR) is 71.8 cm³/mol. The number of hydrogen-bond donors (Lipinski definition) is 2. The van der Waals surface area contributed by atoms with Crippen LogP contribution in [0.3, 0.4) is 0 Å². The number of sulfonamides is 1. The van der Waals surface area contributed by atoms with Gasteiger partial charge in [0.25, 0.3) is 10.0 Å². The van der Waals surface area contributed by atoms with Gasteiger partial charge in [-0.25, -0.2) is 8.42 Å². The quantitative estimate of drug-likeness (QED) is 0.830. The summed E-state index contributed by atoms with van der Waals surface area (Å²) in [6.45, 7) is -0.146. The molecule has 1 heterocycles. The third-order valence-corrected chi connectivity index (χ3v) is 4.43. The number of aromatic amines is 1. The molecule has 7 nitrogen and oxygen atoms in total. The van der Waals surface area contributed by atoms with Gasteiger partial charge in [-0.15, -0.1) is 0 Å². The fraction of sp³-hybridized carbons (Fsp3) is 0.167. The van der Waals surface area contributed by atoms with E-state index in [9.17, 15) is 13.2 Å². The average Bonchev–Trinajstić information content (AvgIpc) is 2.94. The molecule has 8 heteroatoms. The number of para-hydroxylation sites is 1. The lowest BCUT2D eigenvalue weighted by atomic mass is 10.3. The molecule has 0 atom stereocenters. The van der Waals surface area contributed by atoms with E-state index in [1.54, 1.807) is 30.3 Å². The van der Waals surface area contributed by atoms with Crippen LogP contribution in [-0.4, -0.2) is 36.2 Å². The van der Waals surface area contributed by atoms with Crippen LogP contribution in [0.15, 0.2) is 47.6 Å². The summed E-state index contributed by atoms with van der Waals surface area (Å²) in [5, 5.41) is 14.8. The fourth-order valence-electron chi connectivity index (χ4n) is 1.69. The van der Waals surface area contributed by atoms with E-state index in [0.29, 0.717) is 5.69 Å². The number of benzene rings is 1. The van der Waals surface area contributed by atoms with Crippen LogP contribution in [0, 0.1) is 0 Å². The van der Waals surface area contributed by atoms with Crippen molar-refractivity contribution in [1.29, 1.82) is 0 Å². The number of aliphatic carboxylic acids is 1. The van der Waals surface area contributed by atoms with Crippen LogP contribution < -0.4 is 4.31 Å². The summed E-state index contributed by atoms with van der Waals surface area (Å²) in [5.74, 6) is -1.06. The van der Waals surface area contributed by atoms with Crippen LogP contribution in [0.25, 0.3) is 0 Å². The fourth-order valence-corrected chi connectivity index (χ4v) is 3.06. The normalized spacial score (nSPS) is 11.2. The van der Waals surface area contributed by atoms with E-state index in [0.717, 1.165) is 4.31 Å². The first-order chi connectivity index (χ1) is 9.51. The first-order valence-electron chi connectivity index (χ1n) is 5.80. The van der Waals surface area contributed by atoms with Gasteiger partial charge in [-0.05, 0) is 12.1 Å². The molecule has 0 unspecified atom stereocenters. The zero-order valence-corrected chi connectivity index (χ0v) is 11.2. The molecule has 2 rings (SSSR count). The van der Waals surface area contributed by atoms with E-state index in [2.05, 4.69) is 10.2 Å². The number of hydrogen-bond acceptors (Lipinski definition) is 4. The van der Waals surface area contributed by atoms with E-state index < -0.39 is 16.0 Å². The zero-order valence-electron chi connectivity index (χ0n) is 10.4. The molecule has 0 saturated heterocycles. The predicted octanol–water partition coefficient (Wildman–Crippen LogP) is 1.08. The Morgan fingerprint density at radius 3 is 2.55 bits per heavy atom. The standard InChI is InChI=1S/C12H13N3O4S/c16-12(17)6-7-15(10-4-2-1-3-5-10)20(18,19)11-8-13-14-9-11/h1-5,8-9H,6-7H2,(H,13,14)(H,16,17). The third kappa shape index (κ3) is 2.97. The number of carboxylic acids is 1. The molecule has 0 bridgehead atoms. The topological polar surface area (TPSA) is 103 Å². The second-order valence-electron chi connectivity index (χ2n) is 3.99. The Labute approximate surface area is 115 Å². The highest BCUT2D eigenvalue weighted by molar-refractivity contribution is 7.92. The molecule has 106 valence electrons. The molecule has 0 radical (unpaired) electrons. The second-order valence-corrected chi connectivity index (χ2v) is 5.85. The summed E-state index contributed by atoms with van der Waals surface area (Å²) in [6.07, 6.45) is 2.16. The summed E-state index contributed by atoms with van der Waals surface area (Å²) in [7, 11) is -3.83. The highest BCUT2D eigenvalue weighted by atomic mass is 32.2. The molecule has 1 aromatic carbocycles. The van der Waals surface area contributed by atoms with Crippen molar-refractivity contribution >= 4 is 21.7 Å². The van der Waals surface area contributed by atoms with E-state index >= 15 is 0 Å². The lowest BCUT2D eigenvalue weighted by Gasteiger charge is -2.22. The van der Waals surface area contributed by atoms with Gasteiger partial charge in [0.1, 0.15) is 4.90 Å². The van der Waals surface area contributed by atoms with Gasteiger partial charge in [0.2, 0.25) is 0 Å². The minimum atomic E-state index is -3.83. The molecule has 1 aromatic heterocycles. The van der Waals surface area contributed by atoms with Crippen molar-refractivity contribution in [3.8, 4) is 0 Å². The van der Waals surface area contributed by atoms with Crippen LogP contribution in [0.4, 0.5) is 5.69 Å². The molecule has 0 fully saturated rings. The summed E-state index contributed by atoms with van der Waals surface area (Å²) >= 11 is 0. The van der Waals surface area contributed by atoms with Crippen molar-refractivity contribution in [2.75, 3.05) is 10.8 Å². The Balaban J connectivity index is 2.39. The van der Waals surface area contributed by atoms with Crippen LogP contribution in [0.1, 0.15) is 6.42 Å². The van der Waals surface area contributed by atoms with Crippen LogP contribution in [0.2, 0.25) is 0 Å². The average molecular weight is 295 g/mol. The Hall–Kier alpha value is -2.35. The Morgan fingerprint density at radius 2 is 2.00 bits per heavy atom. The molecule has 2 N–H and O–H groups in total. The van der Waals surface area contributed by atoms with Crippen molar-refractivity contribution in [1.82, 2.24) is 10.2 Å². The van der Waals surface area contributed by atoms with E-state index in [1.807, 2.05) is 0 Å². The van der Waals surface area contributed by atoms with Gasteiger partial charge < -0.3 is 5.11 Å². The molecule has 0 spiro atoms. The Kier molecular flexibility index (Phi) is 4.04. The number of anilines is 1. The van der Waals surface area contributed by atoms with Crippen molar-refractivity contribution in [3.05, 3.63) is 42.7 Å². The number of rotatable bonds is 6. The van der Waals surface area contributed by atoms with Crippen molar-refractivity contribution < 1.29 is 18.3 Å². The molecular weight excluding hydrogens is 282 g/mol. The highest BCUT2D eigenvalue weighted by Crippen LogP contribution is 2.22. The summed E-state index contributed by atoms with van der Waals surface area (Å²) in [4.78, 5) is 10.7. The number of H-pyrrole nitrogens is 1. The zero-order chi connectivity index (χ0) is 14.6. The monoisotopic (exact) mass is 295 g/mol. The largest absolute Gasteiger partial charge is 0.481 e. The second kappa shape index (κ2) is 5.74. The number of nitrogens with one attached hydrogen (secondary N) is 1. The minimum Gasteiger partial charge on any atom is -0.481 e. The molecule has 0 aliphatic heterocycles. The number of nitrogens with zero attached hydrogens (tertiary/aromatic N) is 2. The molecular formula is C12H13N3O4S. The van der Waals surface area contributed by atoms with Gasteiger partial charge in [-0.1, -0.05) is 18.2 Å². The van der Waals surface area contributed by atoms with Crippen LogP contribution in [0.5, 0.6) is 0 Å². The SMILES string of the molecule is O=C(O)CCN(c1ccccc1)S(=O)(=O)c1cn[nH]c1. The third-order valence-electron chi connectivity index (χ3n) is 2.63. The smallest absolute Gasteiger partial charge is 0.305 e. The van der Waals surface area contributed by atoms with Crippen molar-refractivity contribution in [2.24, 2.45) is 0 Å². The highest BCUT2D eigenvalue weighted by Gasteiger charge is 2.26. The van der Waals surface area contributed by atoms with Gasteiger partial charge in [0, 0.05) is 12.7 Å². The molecule has 0 aliphatic rings. The lowest BCUT2D eigenvalue weighted by Crippen LogP contribution is -2.32. The number of carbonyl (C=O) groups is 1. The molecule has 2 aromatic rings. The van der Waals surface area contributed by atoms with Gasteiger partial charge in [0.15, 0.2) is 0 Å². The first-order valence-corrected chi connectivity index (χ1v) is 7.24. The maximum Gasteiger partial charge on any atom is 0.305 e. The van der Waals surface area contributed by atoms with Gasteiger partial charge in [0.05, 0.1) is 18.3 Å². The Morgan fingerprint density at radius 1 is 1.30 bits per heavy atom. The number of carboxylic acid groups (broad SMARTS) is 1. The van der Waals surface area contributed by atoms with Crippen molar-refractivity contribution in [3.63, 3.8) is 0 Å². The molecule has 0 aliphatic carbocycles. The lowest BCUT2D eigenvalue weighted by molar-refractivity contribution is -0.136. The summed E-state index contributed by atoms with van der Waals surface area (Å²) < 4.78 is 26.0. The summed E-state index contributed by atoms with van der Waals surface area (Å²) in [6, 6.07) is 8.35. The van der Waals surface area contributed by atoms with Gasteiger partial charge >= 0.3 is 5.97 Å². The molecule has 0 saturated carbocycles. The van der Waals surface area contributed by atoms with E-state index in [-0.39, 0.29) is 17.9 Å². The maximum atomic E-state index is 12.5. The van der Waals surface area contributed by atoms with Crippen LogP contribution >= 0.6 is 0 Å². The molecule has 0 amide bonds. The minimum absolute atomic E-state index is 0.00765.